The Kier molecular flexibility index (Phi) is 4.34. The molecular formula is C16H19NO3S. The van der Waals surface area contributed by atoms with Crippen molar-refractivity contribution in [2.24, 2.45) is 0 Å². The van der Waals surface area contributed by atoms with Gasteiger partial charge in [0.25, 0.3) is 0 Å². The summed E-state index contributed by atoms with van der Waals surface area (Å²) in [5, 5.41) is 9.31. The lowest BCUT2D eigenvalue weighted by molar-refractivity contribution is 0.398. The third kappa shape index (κ3) is 3.25. The molecule has 4 nitrogen and oxygen atoms in total. The van der Waals surface area contributed by atoms with Crippen LogP contribution >= 0.6 is 0 Å². The number of hydrogen-bond acceptors (Lipinski definition) is 3. The van der Waals surface area contributed by atoms with E-state index in [2.05, 4.69) is 0 Å². The predicted molar refractivity (Wildman–Crippen MR) is 82.6 cm³/mol. The van der Waals surface area contributed by atoms with Gasteiger partial charge in [-0.3, -0.25) is 0 Å². The number of phenols is 1. The molecule has 0 spiro atoms. The molecule has 0 aliphatic rings. The van der Waals surface area contributed by atoms with Crippen molar-refractivity contribution in [3.05, 3.63) is 59.7 Å². The molecule has 2 aromatic rings. The van der Waals surface area contributed by atoms with Gasteiger partial charge in [-0.05, 0) is 49.2 Å². The average molecular weight is 305 g/mol. The van der Waals surface area contributed by atoms with Crippen LogP contribution in [-0.4, -0.2) is 24.9 Å². The van der Waals surface area contributed by atoms with Crippen molar-refractivity contribution in [2.75, 3.05) is 7.05 Å². The number of sulfonamides is 1. The average Bonchev–Trinajstić information content (AvgIpc) is 2.46. The van der Waals surface area contributed by atoms with Crippen molar-refractivity contribution in [3.63, 3.8) is 0 Å². The van der Waals surface area contributed by atoms with E-state index in [0.29, 0.717) is 0 Å². The van der Waals surface area contributed by atoms with Crippen molar-refractivity contribution in [2.45, 2.75) is 24.8 Å². The molecule has 0 bridgehead atoms. The molecular weight excluding hydrogens is 286 g/mol. The number of nitrogens with zero attached hydrogens (tertiary/aromatic N) is 1. The molecule has 0 heterocycles. The highest BCUT2D eigenvalue weighted by molar-refractivity contribution is 7.89. The Morgan fingerprint density at radius 3 is 2.29 bits per heavy atom. The van der Waals surface area contributed by atoms with Crippen molar-refractivity contribution in [1.29, 1.82) is 0 Å². The van der Waals surface area contributed by atoms with E-state index in [1.165, 1.54) is 4.31 Å². The van der Waals surface area contributed by atoms with Crippen LogP contribution in [0.25, 0.3) is 0 Å². The lowest BCUT2D eigenvalue weighted by Gasteiger charge is -2.25. The summed E-state index contributed by atoms with van der Waals surface area (Å²) < 4.78 is 26.6. The van der Waals surface area contributed by atoms with Gasteiger partial charge in [-0.25, -0.2) is 8.42 Å². The summed E-state index contributed by atoms with van der Waals surface area (Å²) in [6, 6.07) is 13.1. The first-order chi connectivity index (χ1) is 9.82. The molecule has 0 saturated carbocycles. The topological polar surface area (TPSA) is 57.6 Å². The molecule has 2 aromatic carbocycles. The number of hydrogen-bond donors (Lipinski definition) is 1. The van der Waals surface area contributed by atoms with E-state index >= 15 is 0 Å². The van der Waals surface area contributed by atoms with Crippen LogP contribution in [0.1, 0.15) is 24.1 Å². The summed E-state index contributed by atoms with van der Waals surface area (Å²) in [5.41, 5.74) is 1.73. The number of benzene rings is 2. The highest BCUT2D eigenvalue weighted by Gasteiger charge is 2.26. The van der Waals surface area contributed by atoms with Crippen molar-refractivity contribution >= 4 is 10.0 Å². The maximum Gasteiger partial charge on any atom is 0.243 e. The van der Waals surface area contributed by atoms with E-state index in [0.717, 1.165) is 11.1 Å². The van der Waals surface area contributed by atoms with Gasteiger partial charge in [-0.1, -0.05) is 24.3 Å². The molecule has 5 heteroatoms. The molecule has 1 unspecified atom stereocenters. The SMILES string of the molecule is Cc1cccc(S(=O)(=O)N(C)C(C)c2ccc(O)cc2)c1. The van der Waals surface area contributed by atoms with Crippen LogP contribution in [0.15, 0.2) is 53.4 Å². The molecule has 112 valence electrons. The normalized spacial score (nSPS) is 13.3. The Morgan fingerprint density at radius 2 is 1.71 bits per heavy atom. The minimum atomic E-state index is -3.55. The fourth-order valence-electron chi connectivity index (χ4n) is 2.11. The molecule has 0 saturated heterocycles. The van der Waals surface area contributed by atoms with E-state index in [4.69, 9.17) is 0 Å². The third-order valence-corrected chi connectivity index (χ3v) is 5.51. The van der Waals surface area contributed by atoms with Crippen LogP contribution in [0.4, 0.5) is 0 Å². The Labute approximate surface area is 125 Å². The molecule has 1 N–H and O–H groups in total. The highest BCUT2D eigenvalue weighted by Crippen LogP contribution is 2.27. The van der Waals surface area contributed by atoms with Crippen LogP contribution in [0, 0.1) is 6.92 Å². The van der Waals surface area contributed by atoms with Crippen molar-refractivity contribution in [3.8, 4) is 5.75 Å². The monoisotopic (exact) mass is 305 g/mol. The lowest BCUT2D eigenvalue weighted by atomic mass is 10.1. The Bertz CT molecular complexity index is 723. The van der Waals surface area contributed by atoms with E-state index < -0.39 is 10.0 Å². The summed E-state index contributed by atoms with van der Waals surface area (Å²) in [6.45, 7) is 3.68. The summed E-state index contributed by atoms with van der Waals surface area (Å²) >= 11 is 0. The second kappa shape index (κ2) is 5.87. The summed E-state index contributed by atoms with van der Waals surface area (Å²) in [6.07, 6.45) is 0. The first kappa shape index (κ1) is 15.5. The van der Waals surface area contributed by atoms with Gasteiger partial charge in [0.05, 0.1) is 4.90 Å². The van der Waals surface area contributed by atoms with Gasteiger partial charge < -0.3 is 5.11 Å². The van der Waals surface area contributed by atoms with Crippen LogP contribution < -0.4 is 0 Å². The van der Waals surface area contributed by atoms with Gasteiger partial charge in [0.1, 0.15) is 5.75 Å². The van der Waals surface area contributed by atoms with Gasteiger partial charge in [-0.2, -0.15) is 4.31 Å². The van der Waals surface area contributed by atoms with Crippen LogP contribution in [0.2, 0.25) is 0 Å². The van der Waals surface area contributed by atoms with Crippen LogP contribution in [0.5, 0.6) is 5.75 Å². The van der Waals surface area contributed by atoms with E-state index in [9.17, 15) is 13.5 Å². The molecule has 0 fully saturated rings. The van der Waals surface area contributed by atoms with Gasteiger partial charge in [0.15, 0.2) is 0 Å². The third-order valence-electron chi connectivity index (χ3n) is 3.59. The number of rotatable bonds is 4. The zero-order valence-electron chi connectivity index (χ0n) is 12.3. The molecule has 2 rings (SSSR count). The second-order valence-corrected chi connectivity index (χ2v) is 7.10. The van der Waals surface area contributed by atoms with Crippen molar-refractivity contribution in [1.82, 2.24) is 4.31 Å². The minimum Gasteiger partial charge on any atom is -0.508 e. The molecule has 0 aromatic heterocycles. The largest absolute Gasteiger partial charge is 0.508 e. The maximum atomic E-state index is 12.6. The van der Waals surface area contributed by atoms with Gasteiger partial charge in [-0.15, -0.1) is 0 Å². The lowest BCUT2D eigenvalue weighted by Crippen LogP contribution is -2.29. The standard InChI is InChI=1S/C16H19NO3S/c1-12-5-4-6-16(11-12)21(19,20)17(3)13(2)14-7-9-15(18)10-8-14/h4-11,13,18H,1-3H3. The van der Waals surface area contributed by atoms with Gasteiger partial charge in [0.2, 0.25) is 10.0 Å². The highest BCUT2D eigenvalue weighted by atomic mass is 32.2. The zero-order chi connectivity index (χ0) is 15.6. The van der Waals surface area contributed by atoms with Crippen LogP contribution in [-0.2, 0) is 10.0 Å². The summed E-state index contributed by atoms with van der Waals surface area (Å²) in [5.74, 6) is 0.162. The fraction of sp³-hybridized carbons (Fsp3) is 0.250. The molecule has 0 radical (unpaired) electrons. The number of aromatic hydroxyl groups is 1. The smallest absolute Gasteiger partial charge is 0.243 e. The number of aryl methyl sites for hydroxylation is 1. The van der Waals surface area contributed by atoms with E-state index in [-0.39, 0.29) is 16.7 Å². The fourth-order valence-corrected chi connectivity index (χ4v) is 3.57. The first-order valence-corrected chi connectivity index (χ1v) is 8.10. The molecule has 0 aliphatic carbocycles. The second-order valence-electron chi connectivity index (χ2n) is 5.11. The predicted octanol–water partition coefficient (Wildman–Crippen LogP) is 3.08. The van der Waals surface area contributed by atoms with Gasteiger partial charge in [0, 0.05) is 13.1 Å². The maximum absolute atomic E-state index is 12.6. The van der Waals surface area contributed by atoms with E-state index in [1.807, 2.05) is 19.9 Å². The first-order valence-electron chi connectivity index (χ1n) is 6.66. The summed E-state index contributed by atoms with van der Waals surface area (Å²) in [4.78, 5) is 0.288. The van der Waals surface area contributed by atoms with Gasteiger partial charge >= 0.3 is 0 Å². The number of phenolic OH excluding ortho intramolecular Hbond substituents is 1. The molecule has 0 amide bonds. The zero-order valence-corrected chi connectivity index (χ0v) is 13.1. The summed E-state index contributed by atoms with van der Waals surface area (Å²) in [7, 11) is -1.98. The molecule has 1 atom stereocenters. The quantitative estimate of drug-likeness (QED) is 0.944. The van der Waals surface area contributed by atoms with E-state index in [1.54, 1.807) is 49.5 Å². The minimum absolute atomic E-state index is 0.162. The Balaban J connectivity index is 2.33. The Hall–Kier alpha value is -1.85. The van der Waals surface area contributed by atoms with Crippen molar-refractivity contribution < 1.29 is 13.5 Å². The molecule has 21 heavy (non-hydrogen) atoms. The Morgan fingerprint density at radius 1 is 1.10 bits per heavy atom. The molecule has 0 aliphatic heterocycles. The van der Waals surface area contributed by atoms with Crippen LogP contribution in [0.3, 0.4) is 0 Å².